The average Bonchev–Trinajstić information content (AvgIpc) is 3.35. The van der Waals surface area contributed by atoms with E-state index in [1.54, 1.807) is 67.6 Å². The Bertz CT molecular complexity index is 1410. The summed E-state index contributed by atoms with van der Waals surface area (Å²) in [5.41, 5.74) is 1.02. The highest BCUT2D eigenvalue weighted by molar-refractivity contribution is 6.24. The van der Waals surface area contributed by atoms with E-state index in [4.69, 9.17) is 0 Å². The van der Waals surface area contributed by atoms with Gasteiger partial charge in [0, 0.05) is 12.5 Å². The number of carboxylic acids is 1. The molecule has 0 radical (unpaired) electrons. The number of nitrogens with zero attached hydrogens (tertiary/aromatic N) is 2. The molecule has 3 N–H and O–H groups in total. The van der Waals surface area contributed by atoms with Crippen molar-refractivity contribution in [3.8, 4) is 11.8 Å². The molecule has 0 aliphatic carbocycles. The Kier molecular flexibility index (Phi) is 5.58. The zero-order valence-corrected chi connectivity index (χ0v) is 19.4. The molecule has 0 bridgehead atoms. The lowest BCUT2D eigenvalue weighted by atomic mass is 9.76. The van der Waals surface area contributed by atoms with Crippen molar-refractivity contribution in [2.45, 2.75) is 24.9 Å². The van der Waals surface area contributed by atoms with Crippen LogP contribution in [0.2, 0.25) is 0 Å². The summed E-state index contributed by atoms with van der Waals surface area (Å²) in [6, 6.07) is 21.0. The second kappa shape index (κ2) is 8.63. The molecule has 4 atom stereocenters. The fraction of sp³-hybridized carbons (Fsp3) is 0.214. The van der Waals surface area contributed by atoms with Gasteiger partial charge >= 0.3 is 5.97 Å². The van der Waals surface area contributed by atoms with E-state index in [0.29, 0.717) is 22.4 Å². The van der Waals surface area contributed by atoms with Crippen molar-refractivity contribution in [2.24, 2.45) is 11.8 Å². The van der Waals surface area contributed by atoms with Gasteiger partial charge < -0.3 is 10.2 Å². The van der Waals surface area contributed by atoms with E-state index in [9.17, 15) is 29.9 Å². The molecule has 2 heterocycles. The third kappa shape index (κ3) is 3.53. The first kappa shape index (κ1) is 23.3. The van der Waals surface area contributed by atoms with Gasteiger partial charge in [-0.2, -0.15) is 5.26 Å². The number of anilines is 1. The van der Waals surface area contributed by atoms with E-state index in [1.165, 1.54) is 12.1 Å². The van der Waals surface area contributed by atoms with Crippen LogP contribution in [0.5, 0.6) is 5.75 Å². The van der Waals surface area contributed by atoms with E-state index in [1.807, 2.05) is 6.07 Å². The predicted molar refractivity (Wildman–Crippen MR) is 130 cm³/mol. The molecule has 5 rings (SSSR count). The number of amides is 2. The largest absolute Gasteiger partial charge is 0.508 e. The number of fused-ring (bicyclic) bond motifs is 1. The quantitative estimate of drug-likeness (QED) is 0.477. The van der Waals surface area contributed by atoms with Gasteiger partial charge in [0.05, 0.1) is 29.2 Å². The van der Waals surface area contributed by atoms with Gasteiger partial charge in [0.2, 0.25) is 11.8 Å². The number of hydrogen-bond acceptors (Lipinski definition) is 6. The van der Waals surface area contributed by atoms with Crippen LogP contribution in [0, 0.1) is 30.1 Å². The van der Waals surface area contributed by atoms with Crippen LogP contribution >= 0.6 is 0 Å². The standard InChI is InChI=1S/C28H23N3O5/c1-16-4-2-3-5-21(16)31-25(33)22-23(26(31)34)28(27(35)36,14-17-8-12-20(32)13-9-17)30-24(22)19-10-6-18(15-29)7-11-19/h2-13,22-24,30,32H,14H2,1H3,(H,35,36). The lowest BCUT2D eigenvalue weighted by molar-refractivity contribution is -0.148. The summed E-state index contributed by atoms with van der Waals surface area (Å²) in [7, 11) is 0. The molecule has 2 amide bonds. The van der Waals surface area contributed by atoms with Gasteiger partial charge in [-0.15, -0.1) is 0 Å². The van der Waals surface area contributed by atoms with Crippen molar-refractivity contribution in [3.63, 3.8) is 0 Å². The number of phenols is 1. The first-order valence-electron chi connectivity index (χ1n) is 11.5. The van der Waals surface area contributed by atoms with Crippen molar-refractivity contribution in [1.82, 2.24) is 5.32 Å². The summed E-state index contributed by atoms with van der Waals surface area (Å²) in [5, 5.41) is 32.6. The molecule has 36 heavy (non-hydrogen) atoms. The van der Waals surface area contributed by atoms with Gasteiger partial charge in [-0.3, -0.25) is 19.7 Å². The SMILES string of the molecule is Cc1ccccc1N1C(=O)C2C(c3ccc(C#N)cc3)NC(Cc3ccc(O)cc3)(C(=O)O)C2C1=O. The smallest absolute Gasteiger partial charge is 0.325 e. The fourth-order valence-corrected chi connectivity index (χ4v) is 5.48. The highest BCUT2D eigenvalue weighted by Gasteiger charge is 2.68. The number of imide groups is 1. The maximum absolute atomic E-state index is 13.9. The highest BCUT2D eigenvalue weighted by atomic mass is 16.4. The number of para-hydroxylation sites is 1. The number of carbonyl (C=O) groups excluding carboxylic acids is 2. The van der Waals surface area contributed by atoms with Gasteiger partial charge in [0.15, 0.2) is 0 Å². The number of hydrogen-bond donors (Lipinski definition) is 3. The molecule has 3 aromatic rings. The Balaban J connectivity index is 1.66. The summed E-state index contributed by atoms with van der Waals surface area (Å²) in [6.45, 7) is 1.79. The van der Waals surface area contributed by atoms with Gasteiger partial charge in [-0.25, -0.2) is 4.90 Å². The van der Waals surface area contributed by atoms with Gasteiger partial charge in [0.25, 0.3) is 0 Å². The number of phenolic OH excluding ortho intramolecular Hbond substituents is 1. The number of nitrogens with one attached hydrogen (secondary N) is 1. The third-order valence-corrected chi connectivity index (χ3v) is 7.21. The number of benzene rings is 3. The Morgan fingerprint density at radius 2 is 1.69 bits per heavy atom. The third-order valence-electron chi connectivity index (χ3n) is 7.21. The number of carbonyl (C=O) groups is 3. The van der Waals surface area contributed by atoms with E-state index < -0.39 is 41.2 Å². The van der Waals surface area contributed by atoms with Crippen molar-refractivity contribution < 1.29 is 24.6 Å². The van der Waals surface area contributed by atoms with E-state index in [0.717, 1.165) is 10.5 Å². The molecule has 180 valence electrons. The van der Waals surface area contributed by atoms with Crippen LogP contribution in [0.1, 0.15) is 28.3 Å². The van der Waals surface area contributed by atoms with Crippen LogP contribution in [0.15, 0.2) is 72.8 Å². The lowest BCUT2D eigenvalue weighted by Crippen LogP contribution is -2.57. The first-order valence-corrected chi connectivity index (χ1v) is 11.5. The molecule has 8 nitrogen and oxygen atoms in total. The minimum absolute atomic E-state index is 0.0358. The van der Waals surface area contributed by atoms with Crippen LogP contribution in [-0.2, 0) is 20.8 Å². The zero-order valence-electron chi connectivity index (χ0n) is 19.4. The molecule has 0 saturated carbocycles. The number of aliphatic carboxylic acids is 1. The average molecular weight is 482 g/mol. The Morgan fingerprint density at radius 3 is 2.31 bits per heavy atom. The van der Waals surface area contributed by atoms with Crippen molar-refractivity contribution in [1.29, 1.82) is 5.26 Å². The topological polar surface area (TPSA) is 131 Å². The summed E-state index contributed by atoms with van der Waals surface area (Å²) in [6.07, 6.45) is -0.0722. The molecular weight excluding hydrogens is 458 g/mol. The molecular formula is C28H23N3O5. The van der Waals surface area contributed by atoms with Crippen LogP contribution in [0.4, 0.5) is 5.69 Å². The van der Waals surface area contributed by atoms with Crippen molar-refractivity contribution in [2.75, 3.05) is 4.90 Å². The monoisotopic (exact) mass is 481 g/mol. The van der Waals surface area contributed by atoms with Crippen LogP contribution in [0.3, 0.4) is 0 Å². The van der Waals surface area contributed by atoms with Gasteiger partial charge in [0.1, 0.15) is 11.3 Å². The maximum atomic E-state index is 13.9. The minimum atomic E-state index is -1.77. The Labute approximate surface area is 207 Å². The Morgan fingerprint density at radius 1 is 1.03 bits per heavy atom. The lowest BCUT2D eigenvalue weighted by Gasteiger charge is -2.31. The van der Waals surface area contributed by atoms with Crippen molar-refractivity contribution >= 4 is 23.5 Å². The van der Waals surface area contributed by atoms with Crippen LogP contribution in [0.25, 0.3) is 0 Å². The maximum Gasteiger partial charge on any atom is 0.325 e. The van der Waals surface area contributed by atoms with Gasteiger partial charge in [-0.05, 0) is 53.9 Å². The van der Waals surface area contributed by atoms with E-state index >= 15 is 0 Å². The molecule has 2 saturated heterocycles. The van der Waals surface area contributed by atoms with Crippen LogP contribution < -0.4 is 10.2 Å². The molecule has 0 aromatic heterocycles. The summed E-state index contributed by atoms with van der Waals surface area (Å²) >= 11 is 0. The second-order valence-corrected chi connectivity index (χ2v) is 9.28. The van der Waals surface area contributed by atoms with E-state index in [-0.39, 0.29) is 12.2 Å². The number of nitriles is 1. The predicted octanol–water partition coefficient (Wildman–Crippen LogP) is 3.09. The molecule has 3 aromatic carbocycles. The number of rotatable bonds is 5. The highest BCUT2D eigenvalue weighted by Crippen LogP contribution is 2.51. The molecule has 2 aliphatic rings. The summed E-state index contributed by atoms with van der Waals surface area (Å²) in [4.78, 5) is 41.8. The number of aromatic hydroxyl groups is 1. The molecule has 2 aliphatic heterocycles. The first-order chi connectivity index (χ1) is 17.3. The second-order valence-electron chi connectivity index (χ2n) is 9.28. The van der Waals surface area contributed by atoms with E-state index in [2.05, 4.69) is 5.32 Å². The molecule has 4 unspecified atom stereocenters. The zero-order chi connectivity index (χ0) is 25.6. The summed E-state index contributed by atoms with van der Waals surface area (Å²) < 4.78 is 0. The molecule has 2 fully saturated rings. The molecule has 8 heteroatoms. The number of aryl methyl sites for hydroxylation is 1. The minimum Gasteiger partial charge on any atom is -0.508 e. The van der Waals surface area contributed by atoms with Gasteiger partial charge in [-0.1, -0.05) is 42.5 Å². The Hall–Kier alpha value is -4.48. The number of carboxylic acid groups (broad SMARTS) is 1. The molecule has 0 spiro atoms. The summed E-state index contributed by atoms with van der Waals surface area (Å²) in [5.74, 6) is -4.36. The van der Waals surface area contributed by atoms with Crippen molar-refractivity contribution in [3.05, 3.63) is 95.1 Å². The normalized spacial score (nSPS) is 25.0. The fourth-order valence-electron chi connectivity index (χ4n) is 5.48. The van der Waals surface area contributed by atoms with Crippen LogP contribution in [-0.4, -0.2) is 33.5 Å².